The molecule has 0 atom stereocenters. The molecule has 3 nitrogen and oxygen atoms in total. The first-order valence-electron chi connectivity index (χ1n) is 6.83. The summed E-state index contributed by atoms with van der Waals surface area (Å²) in [5.41, 5.74) is -0.346. The van der Waals surface area contributed by atoms with Gasteiger partial charge in [0, 0.05) is 0 Å². The lowest BCUT2D eigenvalue weighted by Crippen LogP contribution is -2.14. The number of halogens is 6. The van der Waals surface area contributed by atoms with Gasteiger partial charge in [-0.2, -0.15) is 8.78 Å². The van der Waals surface area contributed by atoms with Gasteiger partial charge in [-0.1, -0.05) is 11.6 Å². The molecule has 2 aromatic rings. The molecule has 0 radical (unpaired) electrons. The van der Waals surface area contributed by atoms with E-state index in [1.807, 2.05) is 0 Å². The molecule has 0 aliphatic rings. The molecule has 2 rings (SSSR count). The van der Waals surface area contributed by atoms with Gasteiger partial charge in [-0.05, 0) is 32.0 Å². The van der Waals surface area contributed by atoms with E-state index in [-0.39, 0.29) is 16.7 Å². The zero-order valence-corrected chi connectivity index (χ0v) is 13.6. The van der Waals surface area contributed by atoms with Crippen molar-refractivity contribution in [2.75, 3.05) is 0 Å². The molecule has 0 saturated carbocycles. The summed E-state index contributed by atoms with van der Waals surface area (Å²) in [7, 11) is 0. The molecule has 0 bridgehead atoms. The number of hydrogen-bond acceptors (Lipinski definition) is 3. The summed E-state index contributed by atoms with van der Waals surface area (Å²) in [6, 6.07) is 3.71. The number of esters is 1. The second-order valence-corrected chi connectivity index (χ2v) is 5.50. The van der Waals surface area contributed by atoms with Gasteiger partial charge >= 0.3 is 5.97 Å². The lowest BCUT2D eigenvalue weighted by atomic mass is 10.2. The molecular formula is C16H10ClF5O3. The van der Waals surface area contributed by atoms with E-state index in [2.05, 4.69) is 4.74 Å². The van der Waals surface area contributed by atoms with Crippen molar-refractivity contribution in [1.29, 1.82) is 0 Å². The number of carbonyl (C=O) groups excluding carboxylic acids is 1. The Morgan fingerprint density at radius 3 is 1.96 bits per heavy atom. The van der Waals surface area contributed by atoms with Crippen LogP contribution >= 0.6 is 11.6 Å². The van der Waals surface area contributed by atoms with Crippen LogP contribution in [0.1, 0.15) is 24.2 Å². The first-order valence-corrected chi connectivity index (χ1v) is 7.21. The minimum Gasteiger partial charge on any atom is -0.491 e. The van der Waals surface area contributed by atoms with E-state index >= 15 is 0 Å². The van der Waals surface area contributed by atoms with Gasteiger partial charge in [0.15, 0.2) is 0 Å². The van der Waals surface area contributed by atoms with Crippen molar-refractivity contribution < 1.29 is 36.2 Å². The van der Waals surface area contributed by atoms with Crippen molar-refractivity contribution in [3.8, 4) is 11.5 Å². The predicted molar refractivity (Wildman–Crippen MR) is 78.4 cm³/mol. The topological polar surface area (TPSA) is 35.5 Å². The van der Waals surface area contributed by atoms with E-state index in [0.717, 1.165) is 6.07 Å². The molecule has 9 heteroatoms. The van der Waals surface area contributed by atoms with E-state index in [4.69, 9.17) is 16.3 Å². The van der Waals surface area contributed by atoms with Crippen LogP contribution in [0, 0.1) is 29.1 Å². The van der Waals surface area contributed by atoms with Crippen LogP contribution in [-0.4, -0.2) is 12.1 Å². The van der Waals surface area contributed by atoms with Gasteiger partial charge < -0.3 is 9.47 Å². The average molecular weight is 381 g/mol. The fourth-order valence-electron chi connectivity index (χ4n) is 1.83. The Kier molecular flexibility index (Phi) is 5.52. The van der Waals surface area contributed by atoms with Gasteiger partial charge in [-0.15, -0.1) is 0 Å². The lowest BCUT2D eigenvalue weighted by Gasteiger charge is -2.12. The molecule has 0 aromatic heterocycles. The minimum atomic E-state index is -2.36. The smallest absolute Gasteiger partial charge is 0.345 e. The molecular weight excluding hydrogens is 371 g/mol. The molecule has 0 unspecified atom stereocenters. The Morgan fingerprint density at radius 1 is 0.960 bits per heavy atom. The van der Waals surface area contributed by atoms with E-state index in [0.29, 0.717) is 5.75 Å². The van der Waals surface area contributed by atoms with Crippen LogP contribution in [0.15, 0.2) is 18.2 Å². The lowest BCUT2D eigenvalue weighted by molar-refractivity contribution is 0.0716. The van der Waals surface area contributed by atoms with Crippen molar-refractivity contribution in [2.45, 2.75) is 20.0 Å². The van der Waals surface area contributed by atoms with E-state index in [1.54, 1.807) is 13.8 Å². The molecule has 0 N–H and O–H groups in total. The molecule has 0 aliphatic heterocycles. The molecule has 134 valence electrons. The Labute approximate surface area is 143 Å². The summed E-state index contributed by atoms with van der Waals surface area (Å²) in [5.74, 6) is -14.1. The van der Waals surface area contributed by atoms with E-state index in [9.17, 15) is 26.7 Å². The number of ether oxygens (including phenoxy) is 2. The summed E-state index contributed by atoms with van der Waals surface area (Å²) in [6.07, 6.45) is -0.178. The van der Waals surface area contributed by atoms with Gasteiger partial charge in [-0.3, -0.25) is 0 Å². The summed E-state index contributed by atoms with van der Waals surface area (Å²) in [6.45, 7) is 3.50. The van der Waals surface area contributed by atoms with E-state index < -0.39 is 40.8 Å². The first-order chi connectivity index (χ1) is 11.6. The largest absolute Gasteiger partial charge is 0.491 e. The Hall–Kier alpha value is -2.35. The van der Waals surface area contributed by atoms with Gasteiger partial charge in [0.25, 0.3) is 0 Å². The van der Waals surface area contributed by atoms with Gasteiger partial charge in [-0.25, -0.2) is 18.0 Å². The van der Waals surface area contributed by atoms with Crippen LogP contribution in [0.3, 0.4) is 0 Å². The van der Waals surface area contributed by atoms with Crippen molar-refractivity contribution in [1.82, 2.24) is 0 Å². The summed E-state index contributed by atoms with van der Waals surface area (Å²) in [5, 5.41) is -0.188. The highest BCUT2D eigenvalue weighted by molar-refractivity contribution is 6.33. The molecule has 0 heterocycles. The monoisotopic (exact) mass is 380 g/mol. The second kappa shape index (κ2) is 7.26. The summed E-state index contributed by atoms with van der Waals surface area (Å²) in [4.78, 5) is 12.0. The Bertz CT molecular complexity index is 810. The maximum absolute atomic E-state index is 13.5. The van der Waals surface area contributed by atoms with Crippen LogP contribution < -0.4 is 9.47 Å². The molecule has 0 saturated heterocycles. The van der Waals surface area contributed by atoms with Gasteiger partial charge in [0.2, 0.25) is 34.8 Å². The van der Waals surface area contributed by atoms with Crippen molar-refractivity contribution in [3.05, 3.63) is 57.9 Å². The molecule has 25 heavy (non-hydrogen) atoms. The number of benzene rings is 2. The highest BCUT2D eigenvalue weighted by Crippen LogP contribution is 2.31. The number of carbonyl (C=O) groups is 1. The zero-order chi connectivity index (χ0) is 18.9. The quantitative estimate of drug-likeness (QED) is 0.245. The molecule has 0 amide bonds. The molecule has 0 spiro atoms. The van der Waals surface area contributed by atoms with Crippen LogP contribution in [0.2, 0.25) is 5.02 Å². The number of hydrogen-bond donors (Lipinski definition) is 0. The first kappa shape index (κ1) is 19.0. The Balaban J connectivity index is 2.35. The maximum Gasteiger partial charge on any atom is 0.345 e. The van der Waals surface area contributed by atoms with Crippen LogP contribution in [0.25, 0.3) is 0 Å². The fourth-order valence-corrected chi connectivity index (χ4v) is 2.08. The molecule has 0 aliphatic carbocycles. The highest BCUT2D eigenvalue weighted by Gasteiger charge is 2.29. The zero-order valence-electron chi connectivity index (χ0n) is 12.8. The van der Waals surface area contributed by atoms with Gasteiger partial charge in [0.05, 0.1) is 16.7 Å². The van der Waals surface area contributed by atoms with E-state index in [1.165, 1.54) is 12.1 Å². The summed E-state index contributed by atoms with van der Waals surface area (Å²) >= 11 is 5.86. The van der Waals surface area contributed by atoms with Crippen LogP contribution in [-0.2, 0) is 0 Å². The van der Waals surface area contributed by atoms with Crippen LogP contribution in [0.5, 0.6) is 11.5 Å². The minimum absolute atomic E-state index is 0.178. The fraction of sp³-hybridized carbons (Fsp3) is 0.188. The third-order valence-corrected chi connectivity index (χ3v) is 3.21. The Morgan fingerprint density at radius 2 is 1.48 bits per heavy atom. The van der Waals surface area contributed by atoms with Crippen molar-refractivity contribution >= 4 is 17.6 Å². The average Bonchev–Trinajstić information content (AvgIpc) is 2.54. The normalized spacial score (nSPS) is 10.9. The SMILES string of the molecule is CC(C)Oc1ccc(C(=O)Oc2c(F)c(F)c(F)c(F)c2F)c(Cl)c1. The highest BCUT2D eigenvalue weighted by atomic mass is 35.5. The third kappa shape index (κ3) is 3.84. The maximum atomic E-state index is 13.5. The number of rotatable bonds is 4. The third-order valence-electron chi connectivity index (χ3n) is 2.90. The van der Waals surface area contributed by atoms with Crippen molar-refractivity contribution in [2.24, 2.45) is 0 Å². The predicted octanol–water partition coefficient (Wildman–Crippen LogP) is 5.04. The second-order valence-electron chi connectivity index (χ2n) is 5.10. The van der Waals surface area contributed by atoms with Crippen molar-refractivity contribution in [3.63, 3.8) is 0 Å². The standard InChI is InChI=1S/C16H10ClF5O3/c1-6(2)24-7-3-4-8(9(17)5-7)16(23)25-15-13(21)11(19)10(18)12(20)14(15)22/h3-6H,1-2H3. The van der Waals surface area contributed by atoms with Gasteiger partial charge in [0.1, 0.15) is 5.75 Å². The molecule has 0 fully saturated rings. The van der Waals surface area contributed by atoms with Crippen LogP contribution in [0.4, 0.5) is 22.0 Å². The molecule has 2 aromatic carbocycles. The summed E-state index contributed by atoms with van der Waals surface area (Å²) < 4.78 is 75.9.